The van der Waals surface area contributed by atoms with E-state index >= 15 is 0 Å². The summed E-state index contributed by atoms with van der Waals surface area (Å²) in [5.41, 5.74) is 6.64. The smallest absolute Gasteiger partial charge is 0.338 e. The summed E-state index contributed by atoms with van der Waals surface area (Å²) < 4.78 is 4.91. The van der Waals surface area contributed by atoms with E-state index in [1.54, 1.807) is 39.0 Å². The Hall–Kier alpha value is -1.88. The van der Waals surface area contributed by atoms with Crippen LogP contribution in [0.1, 0.15) is 36.7 Å². The Labute approximate surface area is 113 Å². The number of benzene rings is 1. The van der Waals surface area contributed by atoms with Crippen LogP contribution in [-0.4, -0.2) is 24.0 Å². The Morgan fingerprint density at radius 1 is 1.37 bits per heavy atom. The van der Waals surface area contributed by atoms with Gasteiger partial charge >= 0.3 is 5.97 Å². The minimum atomic E-state index is -0.952. The number of rotatable bonds is 4. The van der Waals surface area contributed by atoms with Gasteiger partial charge in [0.1, 0.15) is 0 Å². The molecular weight excluding hydrogens is 244 g/mol. The summed E-state index contributed by atoms with van der Waals surface area (Å²) in [7, 11) is 0. The highest BCUT2D eigenvalue weighted by molar-refractivity contribution is 5.98. The molecule has 104 valence electrons. The number of amides is 1. The lowest BCUT2D eigenvalue weighted by atomic mass is 10.0. The quantitative estimate of drug-likeness (QED) is 0.813. The fraction of sp³-hybridized carbons (Fsp3) is 0.429. The number of hydrogen-bond donors (Lipinski definition) is 2. The van der Waals surface area contributed by atoms with Crippen LogP contribution in [0.15, 0.2) is 18.2 Å². The second-order valence-corrected chi connectivity index (χ2v) is 4.93. The zero-order valence-corrected chi connectivity index (χ0v) is 11.7. The van der Waals surface area contributed by atoms with Crippen molar-refractivity contribution >= 4 is 17.6 Å². The minimum absolute atomic E-state index is 0.278. The second kappa shape index (κ2) is 5.84. The number of anilines is 1. The van der Waals surface area contributed by atoms with Crippen molar-refractivity contribution in [3.8, 4) is 0 Å². The van der Waals surface area contributed by atoms with Crippen LogP contribution in [0.25, 0.3) is 0 Å². The highest BCUT2D eigenvalue weighted by Gasteiger charge is 2.22. The SMILES string of the molecule is CCOC(=O)c1ccc(NC(=O)C(C)(C)N)c(C)c1. The molecule has 0 saturated carbocycles. The summed E-state index contributed by atoms with van der Waals surface area (Å²) >= 11 is 0. The van der Waals surface area contributed by atoms with Crippen LogP contribution < -0.4 is 11.1 Å². The summed E-state index contributed by atoms with van der Waals surface area (Å²) in [5, 5.41) is 2.73. The average molecular weight is 264 g/mol. The van der Waals surface area contributed by atoms with Gasteiger partial charge in [-0.15, -0.1) is 0 Å². The number of carbonyl (C=O) groups is 2. The highest BCUT2D eigenvalue weighted by Crippen LogP contribution is 2.18. The van der Waals surface area contributed by atoms with Crippen LogP contribution in [0.2, 0.25) is 0 Å². The molecular formula is C14H20N2O3. The number of esters is 1. The molecule has 5 heteroatoms. The summed E-state index contributed by atoms with van der Waals surface area (Å²) in [6.45, 7) is 7.15. The third-order valence-electron chi connectivity index (χ3n) is 2.57. The molecule has 1 rings (SSSR count). The second-order valence-electron chi connectivity index (χ2n) is 4.93. The molecule has 1 amide bonds. The number of nitrogens with two attached hydrogens (primary N) is 1. The van der Waals surface area contributed by atoms with Crippen LogP contribution in [-0.2, 0) is 9.53 Å². The van der Waals surface area contributed by atoms with E-state index in [0.29, 0.717) is 17.9 Å². The Morgan fingerprint density at radius 2 is 2.00 bits per heavy atom. The first-order valence-electron chi connectivity index (χ1n) is 6.13. The van der Waals surface area contributed by atoms with E-state index in [2.05, 4.69) is 5.32 Å². The van der Waals surface area contributed by atoms with E-state index < -0.39 is 5.54 Å². The highest BCUT2D eigenvalue weighted by atomic mass is 16.5. The predicted octanol–water partition coefficient (Wildman–Crippen LogP) is 1.85. The Morgan fingerprint density at radius 3 is 2.47 bits per heavy atom. The molecule has 0 heterocycles. The van der Waals surface area contributed by atoms with Gasteiger partial charge in [-0.25, -0.2) is 4.79 Å². The van der Waals surface area contributed by atoms with Gasteiger partial charge in [-0.05, 0) is 51.5 Å². The number of carbonyl (C=O) groups excluding carboxylic acids is 2. The van der Waals surface area contributed by atoms with Gasteiger partial charge < -0.3 is 15.8 Å². The summed E-state index contributed by atoms with van der Waals surface area (Å²) in [6, 6.07) is 4.96. The Balaban J connectivity index is 2.89. The number of hydrogen-bond acceptors (Lipinski definition) is 4. The van der Waals surface area contributed by atoms with E-state index in [1.807, 2.05) is 6.92 Å². The fourth-order valence-corrected chi connectivity index (χ4v) is 1.43. The van der Waals surface area contributed by atoms with Crippen LogP contribution in [0.3, 0.4) is 0 Å². The molecule has 0 saturated heterocycles. The molecule has 0 atom stereocenters. The molecule has 0 unspecified atom stereocenters. The van der Waals surface area contributed by atoms with Gasteiger partial charge in [0.25, 0.3) is 0 Å². The zero-order valence-electron chi connectivity index (χ0n) is 11.7. The van der Waals surface area contributed by atoms with Crippen molar-refractivity contribution in [2.45, 2.75) is 33.2 Å². The molecule has 19 heavy (non-hydrogen) atoms. The number of aryl methyl sites for hydroxylation is 1. The van der Waals surface area contributed by atoms with E-state index in [9.17, 15) is 9.59 Å². The van der Waals surface area contributed by atoms with Crippen molar-refractivity contribution in [1.82, 2.24) is 0 Å². The first kappa shape index (κ1) is 15.2. The lowest BCUT2D eigenvalue weighted by Gasteiger charge is -2.19. The summed E-state index contributed by atoms with van der Waals surface area (Å²) in [4.78, 5) is 23.3. The molecule has 0 fully saturated rings. The van der Waals surface area contributed by atoms with Crippen molar-refractivity contribution < 1.29 is 14.3 Å². The third-order valence-corrected chi connectivity index (χ3v) is 2.57. The summed E-state index contributed by atoms with van der Waals surface area (Å²) in [6.07, 6.45) is 0. The van der Waals surface area contributed by atoms with Gasteiger partial charge in [0.2, 0.25) is 5.91 Å². The van der Waals surface area contributed by atoms with Crippen LogP contribution in [0, 0.1) is 6.92 Å². The van der Waals surface area contributed by atoms with Crippen LogP contribution >= 0.6 is 0 Å². The van der Waals surface area contributed by atoms with Gasteiger partial charge in [0.05, 0.1) is 17.7 Å². The minimum Gasteiger partial charge on any atom is -0.462 e. The molecule has 1 aromatic carbocycles. The van der Waals surface area contributed by atoms with Gasteiger partial charge in [-0.1, -0.05) is 0 Å². The third kappa shape index (κ3) is 4.06. The molecule has 0 aliphatic carbocycles. The Kier molecular flexibility index (Phi) is 4.67. The lowest BCUT2D eigenvalue weighted by molar-refractivity contribution is -0.120. The van der Waals surface area contributed by atoms with Crippen LogP contribution in [0.4, 0.5) is 5.69 Å². The van der Waals surface area contributed by atoms with Gasteiger partial charge in [-0.2, -0.15) is 0 Å². The molecule has 3 N–H and O–H groups in total. The molecule has 0 spiro atoms. The molecule has 0 radical (unpaired) electrons. The van der Waals surface area contributed by atoms with Gasteiger partial charge in [-0.3, -0.25) is 4.79 Å². The van der Waals surface area contributed by atoms with Gasteiger partial charge in [0, 0.05) is 5.69 Å². The van der Waals surface area contributed by atoms with Crippen molar-refractivity contribution in [2.75, 3.05) is 11.9 Å². The number of ether oxygens (including phenoxy) is 1. The predicted molar refractivity (Wildman–Crippen MR) is 74.0 cm³/mol. The van der Waals surface area contributed by atoms with E-state index in [1.165, 1.54) is 0 Å². The Bertz CT molecular complexity index is 490. The van der Waals surface area contributed by atoms with Crippen LogP contribution in [0.5, 0.6) is 0 Å². The average Bonchev–Trinajstić information content (AvgIpc) is 2.30. The molecule has 0 bridgehead atoms. The molecule has 0 aliphatic heterocycles. The first-order chi connectivity index (χ1) is 8.75. The lowest BCUT2D eigenvalue weighted by Crippen LogP contribution is -2.45. The van der Waals surface area contributed by atoms with E-state index in [-0.39, 0.29) is 11.9 Å². The molecule has 5 nitrogen and oxygen atoms in total. The molecule has 0 aromatic heterocycles. The zero-order chi connectivity index (χ0) is 14.6. The topological polar surface area (TPSA) is 81.4 Å². The largest absolute Gasteiger partial charge is 0.462 e. The van der Waals surface area contributed by atoms with Crippen molar-refractivity contribution in [2.24, 2.45) is 5.73 Å². The molecule has 0 aliphatic rings. The maximum Gasteiger partial charge on any atom is 0.338 e. The normalized spacial score (nSPS) is 11.0. The van der Waals surface area contributed by atoms with Crippen molar-refractivity contribution in [3.63, 3.8) is 0 Å². The standard InChI is InChI=1S/C14H20N2O3/c1-5-19-12(17)10-6-7-11(9(2)8-10)16-13(18)14(3,4)15/h6-8H,5,15H2,1-4H3,(H,16,18). The first-order valence-corrected chi connectivity index (χ1v) is 6.13. The maximum absolute atomic E-state index is 11.8. The molecule has 1 aromatic rings. The summed E-state index contributed by atoms with van der Waals surface area (Å²) in [5.74, 6) is -0.651. The van der Waals surface area contributed by atoms with Crippen molar-refractivity contribution in [3.05, 3.63) is 29.3 Å². The monoisotopic (exact) mass is 264 g/mol. The van der Waals surface area contributed by atoms with Gasteiger partial charge in [0.15, 0.2) is 0 Å². The van der Waals surface area contributed by atoms with E-state index in [4.69, 9.17) is 10.5 Å². The fourth-order valence-electron chi connectivity index (χ4n) is 1.43. The number of nitrogens with one attached hydrogen (secondary N) is 1. The van der Waals surface area contributed by atoms with Crippen molar-refractivity contribution in [1.29, 1.82) is 0 Å². The maximum atomic E-state index is 11.8. The van der Waals surface area contributed by atoms with E-state index in [0.717, 1.165) is 5.56 Å².